The largest absolute Gasteiger partial charge is 0.313 e. The Morgan fingerprint density at radius 3 is 1.81 bits per heavy atom. The SMILES string of the molecule is Cc1cc(C)c(C(=O)[PH](=O)c2c(C)cc(C)c(C(=O)c3ccccc3)c2C)c(C)c1C. The van der Waals surface area contributed by atoms with Gasteiger partial charge in [-0.2, -0.15) is 0 Å². The molecule has 0 aliphatic heterocycles. The van der Waals surface area contributed by atoms with Crippen LogP contribution in [0.1, 0.15) is 65.2 Å². The number of ketones is 1. The van der Waals surface area contributed by atoms with Gasteiger partial charge in [-0.25, -0.2) is 0 Å². The van der Waals surface area contributed by atoms with E-state index in [2.05, 4.69) is 0 Å². The molecule has 0 aromatic heterocycles. The van der Waals surface area contributed by atoms with Gasteiger partial charge in [0.25, 0.3) is 0 Å². The summed E-state index contributed by atoms with van der Waals surface area (Å²) in [6, 6.07) is 12.9. The minimum atomic E-state index is -2.82. The fourth-order valence-electron chi connectivity index (χ4n) is 4.48. The summed E-state index contributed by atoms with van der Waals surface area (Å²) in [5.74, 6) is -0.113. The second kappa shape index (κ2) is 8.77. The standard InChI is InChI=1S/C27H29O3P/c1-15-13-17(3)24(20(6)19(15)5)27(29)31(30)26-18(4)14-16(2)23(21(26)7)25(28)22-11-9-8-10-12-22/h8-14,31H,1-7H3. The van der Waals surface area contributed by atoms with Crippen molar-refractivity contribution >= 4 is 24.4 Å². The average molecular weight is 433 g/mol. The van der Waals surface area contributed by atoms with Crippen LogP contribution in [0.5, 0.6) is 0 Å². The van der Waals surface area contributed by atoms with Gasteiger partial charge in [0.15, 0.2) is 13.6 Å². The number of hydrogen-bond donors (Lipinski definition) is 0. The van der Waals surface area contributed by atoms with Crippen LogP contribution in [0.3, 0.4) is 0 Å². The highest BCUT2D eigenvalue weighted by Gasteiger charge is 2.27. The number of rotatable bonds is 5. The van der Waals surface area contributed by atoms with E-state index in [1.165, 1.54) is 0 Å². The van der Waals surface area contributed by atoms with E-state index in [1.54, 1.807) is 12.1 Å². The van der Waals surface area contributed by atoms with Crippen molar-refractivity contribution in [2.45, 2.75) is 48.5 Å². The number of benzene rings is 3. The molecule has 0 heterocycles. The zero-order valence-electron chi connectivity index (χ0n) is 19.3. The monoisotopic (exact) mass is 432 g/mol. The van der Waals surface area contributed by atoms with E-state index >= 15 is 0 Å². The molecule has 31 heavy (non-hydrogen) atoms. The topological polar surface area (TPSA) is 51.2 Å². The fraction of sp³-hybridized carbons (Fsp3) is 0.259. The third-order valence-corrected chi connectivity index (χ3v) is 8.14. The number of hydrogen-bond acceptors (Lipinski definition) is 3. The lowest BCUT2D eigenvalue weighted by Gasteiger charge is -2.18. The first-order valence-electron chi connectivity index (χ1n) is 10.4. The molecule has 0 saturated carbocycles. The summed E-state index contributed by atoms with van der Waals surface area (Å²) >= 11 is 0. The van der Waals surface area contributed by atoms with Gasteiger partial charge in [-0.05, 0) is 87.4 Å². The molecule has 0 fully saturated rings. The molecule has 3 aromatic carbocycles. The number of carbonyl (C=O) groups is 2. The van der Waals surface area contributed by atoms with Crippen LogP contribution in [0.4, 0.5) is 0 Å². The summed E-state index contributed by atoms with van der Waals surface area (Å²) in [5.41, 5.74) is 7.45. The van der Waals surface area contributed by atoms with Gasteiger partial charge in [0.05, 0.1) is 0 Å². The van der Waals surface area contributed by atoms with Crippen LogP contribution in [-0.4, -0.2) is 11.3 Å². The third kappa shape index (κ3) is 4.07. The highest BCUT2D eigenvalue weighted by molar-refractivity contribution is 7.71. The molecule has 0 aliphatic rings. The Morgan fingerprint density at radius 1 is 0.645 bits per heavy atom. The molecule has 3 nitrogen and oxygen atoms in total. The van der Waals surface area contributed by atoms with Crippen molar-refractivity contribution in [3.63, 3.8) is 0 Å². The van der Waals surface area contributed by atoms with Crippen LogP contribution in [-0.2, 0) is 4.57 Å². The summed E-state index contributed by atoms with van der Waals surface area (Å²) in [6.07, 6.45) is 0. The van der Waals surface area contributed by atoms with Crippen LogP contribution < -0.4 is 5.30 Å². The molecule has 0 N–H and O–H groups in total. The first-order valence-corrected chi connectivity index (χ1v) is 11.8. The van der Waals surface area contributed by atoms with E-state index in [1.807, 2.05) is 78.8 Å². The van der Waals surface area contributed by atoms with Gasteiger partial charge in [0, 0.05) is 22.0 Å². The van der Waals surface area contributed by atoms with Gasteiger partial charge in [-0.15, -0.1) is 0 Å². The lowest BCUT2D eigenvalue weighted by atomic mass is 9.93. The quantitative estimate of drug-likeness (QED) is 0.361. The molecule has 1 unspecified atom stereocenters. The Bertz CT molecular complexity index is 1240. The van der Waals surface area contributed by atoms with E-state index in [-0.39, 0.29) is 11.3 Å². The van der Waals surface area contributed by atoms with Gasteiger partial charge in [0.1, 0.15) is 0 Å². The molecule has 0 bridgehead atoms. The normalized spacial score (nSPS) is 12.0. The molecule has 160 valence electrons. The minimum absolute atomic E-state index is 0.113. The molecule has 0 spiro atoms. The fourth-order valence-corrected chi connectivity index (χ4v) is 6.21. The summed E-state index contributed by atoms with van der Waals surface area (Å²) < 4.78 is 13.6. The van der Waals surface area contributed by atoms with Gasteiger partial charge in [-0.3, -0.25) is 9.59 Å². The Balaban J connectivity index is 2.16. The Labute approximate surface area is 185 Å². The van der Waals surface area contributed by atoms with Crippen LogP contribution >= 0.6 is 7.80 Å². The molecule has 3 rings (SSSR count). The highest BCUT2D eigenvalue weighted by Crippen LogP contribution is 2.35. The molecular formula is C27H29O3P. The van der Waals surface area contributed by atoms with Crippen molar-refractivity contribution in [1.82, 2.24) is 0 Å². The van der Waals surface area contributed by atoms with E-state index in [9.17, 15) is 14.2 Å². The first kappa shape index (κ1) is 22.9. The van der Waals surface area contributed by atoms with E-state index < -0.39 is 7.80 Å². The van der Waals surface area contributed by atoms with E-state index in [4.69, 9.17) is 0 Å². The number of carbonyl (C=O) groups excluding carboxylic acids is 2. The Morgan fingerprint density at radius 2 is 1.19 bits per heavy atom. The third-order valence-electron chi connectivity index (χ3n) is 6.25. The zero-order valence-corrected chi connectivity index (χ0v) is 20.3. The molecule has 1 atom stereocenters. The predicted octanol–water partition coefficient (Wildman–Crippen LogP) is 6.10. The van der Waals surface area contributed by atoms with Crippen LogP contribution in [0.15, 0.2) is 42.5 Å². The minimum Gasteiger partial charge on any atom is -0.313 e. The summed E-state index contributed by atoms with van der Waals surface area (Å²) in [5, 5.41) is 0.511. The second-order valence-corrected chi connectivity index (χ2v) is 9.99. The average Bonchev–Trinajstić information content (AvgIpc) is 2.72. The molecule has 0 saturated heterocycles. The van der Waals surface area contributed by atoms with Crippen molar-refractivity contribution in [3.05, 3.63) is 98.1 Å². The Kier molecular flexibility index (Phi) is 6.48. The lowest BCUT2D eigenvalue weighted by Crippen LogP contribution is -2.19. The maximum atomic E-state index is 13.6. The maximum absolute atomic E-state index is 13.6. The maximum Gasteiger partial charge on any atom is 0.223 e. The summed E-state index contributed by atoms with van der Waals surface area (Å²) in [4.78, 5) is 26.7. The van der Waals surface area contributed by atoms with Crippen molar-refractivity contribution in [2.75, 3.05) is 0 Å². The van der Waals surface area contributed by atoms with E-state index in [0.717, 1.165) is 33.4 Å². The van der Waals surface area contributed by atoms with Gasteiger partial charge in [0.2, 0.25) is 5.52 Å². The zero-order chi connectivity index (χ0) is 23.0. The molecule has 0 aliphatic carbocycles. The van der Waals surface area contributed by atoms with E-state index in [0.29, 0.717) is 27.6 Å². The van der Waals surface area contributed by atoms with Crippen LogP contribution in [0, 0.1) is 48.5 Å². The smallest absolute Gasteiger partial charge is 0.223 e. The Hall–Kier alpha value is -2.77. The molecule has 0 amide bonds. The highest BCUT2D eigenvalue weighted by atomic mass is 31.1. The molecule has 0 radical (unpaired) electrons. The molecular weight excluding hydrogens is 403 g/mol. The predicted molar refractivity (Wildman–Crippen MR) is 129 cm³/mol. The van der Waals surface area contributed by atoms with Crippen LogP contribution in [0.2, 0.25) is 0 Å². The van der Waals surface area contributed by atoms with Crippen molar-refractivity contribution in [3.8, 4) is 0 Å². The van der Waals surface area contributed by atoms with Gasteiger partial charge in [-0.1, -0.05) is 42.5 Å². The van der Waals surface area contributed by atoms with Crippen molar-refractivity contribution < 1.29 is 14.2 Å². The summed E-state index contributed by atoms with van der Waals surface area (Å²) in [7, 11) is -2.82. The van der Waals surface area contributed by atoms with Crippen LogP contribution in [0.25, 0.3) is 0 Å². The summed E-state index contributed by atoms with van der Waals surface area (Å²) in [6.45, 7) is 13.4. The molecule has 3 aromatic rings. The van der Waals surface area contributed by atoms with Crippen molar-refractivity contribution in [2.24, 2.45) is 0 Å². The van der Waals surface area contributed by atoms with Gasteiger partial charge >= 0.3 is 0 Å². The molecule has 4 heteroatoms. The second-order valence-electron chi connectivity index (χ2n) is 8.37. The van der Waals surface area contributed by atoms with Gasteiger partial charge < -0.3 is 4.57 Å². The first-order chi connectivity index (χ1) is 14.6. The lowest BCUT2D eigenvalue weighted by molar-refractivity contribution is 0.103. The number of aryl methyl sites for hydroxylation is 4. The van der Waals surface area contributed by atoms with Crippen molar-refractivity contribution in [1.29, 1.82) is 0 Å².